The van der Waals surface area contributed by atoms with E-state index < -0.39 is 12.0 Å². The van der Waals surface area contributed by atoms with Crippen LogP contribution < -0.4 is 5.32 Å². The second kappa shape index (κ2) is 9.05. The number of fused-ring (bicyclic) bond motifs is 1. The number of carbonyl (C=O) groups excluding carboxylic acids is 1. The molecule has 4 heterocycles. The quantitative estimate of drug-likeness (QED) is 0.742. The second-order valence-corrected chi connectivity index (χ2v) is 9.04. The molecule has 2 N–H and O–H groups in total. The number of aromatic nitrogens is 3. The van der Waals surface area contributed by atoms with Gasteiger partial charge in [-0.25, -0.2) is 13.6 Å². The Balaban J connectivity index is 1.20. The Morgan fingerprint density at radius 2 is 2.24 bits per heavy atom. The SMILES string of the molecule is Cc1cc(-c2n[nH]c3c2CN(C(=O)NC2CCN(CC4=C(F)C=CCC4F)C2)CC3)ccn1. The number of hydrogen-bond acceptors (Lipinski definition) is 4. The predicted octanol–water partition coefficient (Wildman–Crippen LogP) is 3.44. The summed E-state index contributed by atoms with van der Waals surface area (Å²) in [6.07, 6.45) is 5.09. The minimum absolute atomic E-state index is 0.0357. The van der Waals surface area contributed by atoms with E-state index in [0.29, 0.717) is 26.2 Å². The Morgan fingerprint density at radius 3 is 3.06 bits per heavy atom. The highest BCUT2D eigenvalue weighted by atomic mass is 19.1. The van der Waals surface area contributed by atoms with E-state index in [1.165, 1.54) is 12.2 Å². The van der Waals surface area contributed by atoms with E-state index in [1.807, 2.05) is 28.9 Å². The topological polar surface area (TPSA) is 77.2 Å². The molecule has 0 bridgehead atoms. The van der Waals surface area contributed by atoms with Gasteiger partial charge in [-0.15, -0.1) is 0 Å². The number of H-pyrrole nitrogens is 1. The van der Waals surface area contributed by atoms with Crippen molar-refractivity contribution in [3.05, 3.63) is 58.8 Å². The minimum atomic E-state index is -1.26. The third kappa shape index (κ3) is 4.55. The van der Waals surface area contributed by atoms with Gasteiger partial charge in [0.1, 0.15) is 12.0 Å². The molecule has 7 nitrogen and oxygen atoms in total. The molecular weight excluding hydrogens is 426 g/mol. The van der Waals surface area contributed by atoms with Gasteiger partial charge < -0.3 is 10.2 Å². The van der Waals surface area contributed by atoms with Crippen LogP contribution >= 0.6 is 0 Å². The zero-order valence-corrected chi connectivity index (χ0v) is 18.7. The maximum Gasteiger partial charge on any atom is 0.317 e. The first-order valence-electron chi connectivity index (χ1n) is 11.4. The van der Waals surface area contributed by atoms with Crippen molar-refractivity contribution in [3.63, 3.8) is 0 Å². The molecule has 2 aromatic rings. The molecular formula is C24H28F2N6O. The third-order valence-corrected chi connectivity index (χ3v) is 6.68. The molecule has 1 fully saturated rings. The fourth-order valence-corrected chi connectivity index (χ4v) is 4.87. The second-order valence-electron chi connectivity index (χ2n) is 9.04. The monoisotopic (exact) mass is 454 g/mol. The normalized spacial score (nSPS) is 23.2. The number of halogens is 2. The van der Waals surface area contributed by atoms with Crippen LogP contribution in [0.3, 0.4) is 0 Å². The van der Waals surface area contributed by atoms with E-state index in [2.05, 4.69) is 20.5 Å². The average molecular weight is 455 g/mol. The van der Waals surface area contributed by atoms with Crippen LogP contribution in [-0.4, -0.2) is 69.4 Å². The lowest BCUT2D eigenvalue weighted by Crippen LogP contribution is -2.47. The summed E-state index contributed by atoms with van der Waals surface area (Å²) in [6.45, 7) is 4.59. The predicted molar refractivity (Wildman–Crippen MR) is 121 cm³/mol. The number of urea groups is 1. The van der Waals surface area contributed by atoms with E-state index in [0.717, 1.165) is 41.1 Å². The van der Waals surface area contributed by atoms with Crippen molar-refractivity contribution in [1.29, 1.82) is 0 Å². The van der Waals surface area contributed by atoms with Crippen molar-refractivity contribution >= 4 is 6.03 Å². The van der Waals surface area contributed by atoms with Gasteiger partial charge in [0.05, 0.1) is 12.2 Å². The number of aryl methyl sites for hydroxylation is 1. The van der Waals surface area contributed by atoms with Crippen molar-refractivity contribution in [1.82, 2.24) is 30.3 Å². The fraction of sp³-hybridized carbons (Fsp3) is 0.458. The number of carbonyl (C=O) groups is 1. The molecule has 5 rings (SSSR count). The fourth-order valence-electron chi connectivity index (χ4n) is 4.87. The lowest BCUT2D eigenvalue weighted by Gasteiger charge is -2.29. The highest BCUT2D eigenvalue weighted by Crippen LogP contribution is 2.29. The molecule has 0 saturated carbocycles. The molecule has 33 heavy (non-hydrogen) atoms. The number of amides is 2. The molecule has 9 heteroatoms. The summed E-state index contributed by atoms with van der Waals surface area (Å²) in [6, 6.07) is 3.77. The van der Waals surface area contributed by atoms with Gasteiger partial charge in [0, 0.05) is 79.3 Å². The van der Waals surface area contributed by atoms with Gasteiger partial charge >= 0.3 is 6.03 Å². The lowest BCUT2D eigenvalue weighted by molar-refractivity contribution is 0.188. The Kier molecular flexibility index (Phi) is 5.97. The minimum Gasteiger partial charge on any atom is -0.334 e. The Morgan fingerprint density at radius 1 is 1.36 bits per heavy atom. The van der Waals surface area contributed by atoms with Gasteiger partial charge in [-0.2, -0.15) is 5.10 Å². The summed E-state index contributed by atoms with van der Waals surface area (Å²) in [4.78, 5) is 21.1. The standard InChI is InChI=1S/C24H28F2N6O/c1-15-11-16(5-8-27-15)23-19-14-32(10-7-22(19)29-30-23)24(33)28-17-6-9-31(12-17)13-18-20(25)3-2-4-21(18)26/h2-3,5,8,11,17,21H,4,6-7,9-10,12-14H2,1H3,(H,28,33)(H,29,30). The first-order chi connectivity index (χ1) is 16.0. The zero-order chi connectivity index (χ0) is 22.9. The van der Waals surface area contributed by atoms with Crippen LogP contribution in [0.4, 0.5) is 13.6 Å². The van der Waals surface area contributed by atoms with Gasteiger partial charge in [-0.05, 0) is 31.6 Å². The highest BCUT2D eigenvalue weighted by molar-refractivity contribution is 5.76. The molecule has 2 amide bonds. The van der Waals surface area contributed by atoms with Crippen LogP contribution in [0.15, 0.2) is 41.9 Å². The van der Waals surface area contributed by atoms with Gasteiger partial charge in [-0.3, -0.25) is 15.0 Å². The summed E-state index contributed by atoms with van der Waals surface area (Å²) in [5.74, 6) is -0.467. The first-order valence-corrected chi connectivity index (χ1v) is 11.4. The Labute approximate surface area is 191 Å². The maximum absolute atomic E-state index is 14.1. The van der Waals surface area contributed by atoms with Crippen molar-refractivity contribution < 1.29 is 13.6 Å². The number of rotatable bonds is 4. The number of likely N-dealkylation sites (tertiary alicyclic amines) is 1. The van der Waals surface area contributed by atoms with Gasteiger partial charge in [0.15, 0.2) is 0 Å². The van der Waals surface area contributed by atoms with Gasteiger partial charge in [0.25, 0.3) is 0 Å². The van der Waals surface area contributed by atoms with E-state index in [9.17, 15) is 13.6 Å². The van der Waals surface area contributed by atoms with Crippen molar-refractivity contribution in [3.8, 4) is 11.3 Å². The van der Waals surface area contributed by atoms with Crippen molar-refractivity contribution in [2.24, 2.45) is 0 Å². The van der Waals surface area contributed by atoms with Crippen LogP contribution in [-0.2, 0) is 13.0 Å². The molecule has 1 saturated heterocycles. The largest absolute Gasteiger partial charge is 0.334 e. The molecule has 0 aromatic carbocycles. The highest BCUT2D eigenvalue weighted by Gasteiger charge is 2.31. The number of hydrogen-bond donors (Lipinski definition) is 2. The summed E-state index contributed by atoms with van der Waals surface area (Å²) in [5, 5.41) is 10.7. The summed E-state index contributed by atoms with van der Waals surface area (Å²) in [7, 11) is 0. The van der Waals surface area contributed by atoms with Gasteiger partial charge in [0.2, 0.25) is 0 Å². The summed E-state index contributed by atoms with van der Waals surface area (Å²) < 4.78 is 28.1. The number of nitrogens with zero attached hydrogens (tertiary/aromatic N) is 4. The molecule has 3 aliphatic rings. The molecule has 2 aliphatic heterocycles. The van der Waals surface area contributed by atoms with Crippen molar-refractivity contribution in [2.75, 3.05) is 26.2 Å². The number of alkyl halides is 1. The maximum atomic E-state index is 14.1. The zero-order valence-electron chi connectivity index (χ0n) is 18.7. The molecule has 174 valence electrons. The van der Waals surface area contributed by atoms with E-state index in [-0.39, 0.29) is 30.6 Å². The van der Waals surface area contributed by atoms with Crippen LogP contribution in [0.25, 0.3) is 11.3 Å². The molecule has 2 aromatic heterocycles. The first kappa shape index (κ1) is 21.8. The average Bonchev–Trinajstić information content (AvgIpc) is 3.42. The van der Waals surface area contributed by atoms with E-state index in [1.54, 1.807) is 6.20 Å². The molecule has 1 aliphatic carbocycles. The van der Waals surface area contributed by atoms with Crippen molar-refractivity contribution in [2.45, 2.75) is 44.9 Å². The van der Waals surface area contributed by atoms with E-state index in [4.69, 9.17) is 0 Å². The third-order valence-electron chi connectivity index (χ3n) is 6.68. The molecule has 0 radical (unpaired) electrons. The Hall–Kier alpha value is -3.07. The number of allylic oxidation sites excluding steroid dienone is 3. The molecule has 2 unspecified atom stereocenters. The smallest absolute Gasteiger partial charge is 0.317 e. The van der Waals surface area contributed by atoms with Crippen LogP contribution in [0.1, 0.15) is 29.8 Å². The number of pyridine rings is 1. The van der Waals surface area contributed by atoms with Gasteiger partial charge in [-0.1, -0.05) is 6.08 Å². The number of aromatic amines is 1. The number of nitrogens with one attached hydrogen (secondary N) is 2. The van der Waals surface area contributed by atoms with E-state index >= 15 is 0 Å². The Bertz CT molecular complexity index is 1110. The lowest BCUT2D eigenvalue weighted by atomic mass is 10.0. The molecule has 2 atom stereocenters. The van der Waals surface area contributed by atoms with Crippen LogP contribution in [0.5, 0.6) is 0 Å². The molecule has 0 spiro atoms. The summed E-state index contributed by atoms with van der Waals surface area (Å²) >= 11 is 0. The summed E-state index contributed by atoms with van der Waals surface area (Å²) in [5.41, 5.74) is 5.08. The van der Waals surface area contributed by atoms with Crippen LogP contribution in [0, 0.1) is 6.92 Å². The van der Waals surface area contributed by atoms with Crippen LogP contribution in [0.2, 0.25) is 0 Å².